The van der Waals surface area contributed by atoms with E-state index in [1.165, 1.54) is 0 Å². The van der Waals surface area contributed by atoms with Gasteiger partial charge in [0.05, 0.1) is 17.7 Å². The van der Waals surface area contributed by atoms with E-state index < -0.39 is 12.0 Å². The number of nitrogens with one attached hydrogen (secondary N) is 2. The van der Waals surface area contributed by atoms with Crippen LogP contribution in [-0.2, 0) is 4.79 Å². The Morgan fingerprint density at radius 1 is 1.27 bits per heavy atom. The zero-order valence-corrected chi connectivity index (χ0v) is 15.3. The van der Waals surface area contributed by atoms with Crippen molar-refractivity contribution in [2.24, 2.45) is 0 Å². The van der Waals surface area contributed by atoms with Crippen LogP contribution in [0, 0.1) is 11.3 Å². The quantitative estimate of drug-likeness (QED) is 0.512. The fraction of sp³-hybridized carbons (Fsp3) is 0.600. The summed E-state index contributed by atoms with van der Waals surface area (Å²) in [4.78, 5) is 11.6. The van der Waals surface area contributed by atoms with Gasteiger partial charge in [-0.1, -0.05) is 13.3 Å². The van der Waals surface area contributed by atoms with E-state index >= 15 is 0 Å². The van der Waals surface area contributed by atoms with Gasteiger partial charge in [-0.25, -0.2) is 4.79 Å². The summed E-state index contributed by atoms with van der Waals surface area (Å²) < 4.78 is 0. The minimum atomic E-state index is -0.884. The molecule has 2 rings (SSSR count). The molecule has 0 saturated heterocycles. The van der Waals surface area contributed by atoms with E-state index in [0.29, 0.717) is 17.7 Å². The standard InChI is InChI=1S/C20H29N3O3/c1-2-4-15(22-17-5-3-6-19(17)24)11-12-18(20(25)26)23-16-9-7-14(13-21)8-10-16/h7-10,15,17-19,22-24H,2-6,11-12H2,1H3,(H,25,26). The number of carboxylic acids is 1. The minimum absolute atomic E-state index is 0.126. The van der Waals surface area contributed by atoms with E-state index in [1.54, 1.807) is 24.3 Å². The minimum Gasteiger partial charge on any atom is -0.480 e. The largest absolute Gasteiger partial charge is 0.480 e. The topological polar surface area (TPSA) is 105 Å². The summed E-state index contributed by atoms with van der Waals surface area (Å²) in [5.74, 6) is -0.884. The highest BCUT2D eigenvalue weighted by molar-refractivity contribution is 5.77. The van der Waals surface area contributed by atoms with Gasteiger partial charge in [0.25, 0.3) is 0 Å². The Kier molecular flexibility index (Phi) is 7.89. The predicted molar refractivity (Wildman–Crippen MR) is 101 cm³/mol. The van der Waals surface area contributed by atoms with Crippen LogP contribution in [-0.4, -0.2) is 40.4 Å². The summed E-state index contributed by atoms with van der Waals surface area (Å²) in [6.07, 6.45) is 5.78. The van der Waals surface area contributed by atoms with Crippen LogP contribution in [0.3, 0.4) is 0 Å². The van der Waals surface area contributed by atoms with Gasteiger partial charge in [0.1, 0.15) is 6.04 Å². The number of carboxylic acid groups (broad SMARTS) is 1. The maximum absolute atomic E-state index is 11.6. The Labute approximate surface area is 155 Å². The zero-order chi connectivity index (χ0) is 18.9. The molecule has 1 aliphatic rings. The molecule has 1 saturated carbocycles. The van der Waals surface area contributed by atoms with Crippen molar-refractivity contribution in [3.63, 3.8) is 0 Å². The van der Waals surface area contributed by atoms with Gasteiger partial charge < -0.3 is 20.8 Å². The van der Waals surface area contributed by atoms with Crippen LogP contribution in [0.5, 0.6) is 0 Å². The predicted octanol–water partition coefficient (Wildman–Crippen LogP) is 2.88. The third kappa shape index (κ3) is 6.01. The molecule has 0 heterocycles. The highest BCUT2D eigenvalue weighted by Crippen LogP contribution is 2.21. The molecule has 4 N–H and O–H groups in total. The summed E-state index contributed by atoms with van der Waals surface area (Å²) in [5.41, 5.74) is 1.24. The first-order valence-corrected chi connectivity index (χ1v) is 9.47. The molecule has 142 valence electrons. The average Bonchev–Trinajstić information content (AvgIpc) is 3.03. The second kappa shape index (κ2) is 10.1. The molecule has 0 radical (unpaired) electrons. The molecule has 6 heteroatoms. The molecule has 0 aromatic heterocycles. The maximum atomic E-state index is 11.6. The number of nitriles is 1. The van der Waals surface area contributed by atoms with Gasteiger partial charge in [0.15, 0.2) is 0 Å². The van der Waals surface area contributed by atoms with Crippen molar-refractivity contribution in [2.45, 2.75) is 76.1 Å². The summed E-state index contributed by atoms with van der Waals surface area (Å²) in [5, 5.41) is 35.0. The molecule has 1 aromatic rings. The van der Waals surface area contributed by atoms with E-state index in [0.717, 1.165) is 38.5 Å². The van der Waals surface area contributed by atoms with Crippen LogP contribution in [0.25, 0.3) is 0 Å². The molecule has 1 fully saturated rings. The Morgan fingerprint density at radius 2 is 2.00 bits per heavy atom. The molecule has 1 aliphatic carbocycles. The van der Waals surface area contributed by atoms with Crippen molar-refractivity contribution in [3.05, 3.63) is 29.8 Å². The number of aliphatic hydroxyl groups excluding tert-OH is 1. The van der Waals surface area contributed by atoms with Crippen molar-refractivity contribution in [1.29, 1.82) is 5.26 Å². The van der Waals surface area contributed by atoms with Gasteiger partial charge in [0.2, 0.25) is 0 Å². The number of carbonyl (C=O) groups is 1. The molecule has 4 unspecified atom stereocenters. The lowest BCUT2D eigenvalue weighted by molar-refractivity contribution is -0.138. The summed E-state index contributed by atoms with van der Waals surface area (Å²) in [6, 6.07) is 8.50. The van der Waals surface area contributed by atoms with Crippen LogP contribution < -0.4 is 10.6 Å². The van der Waals surface area contributed by atoms with Crippen LogP contribution in [0.1, 0.15) is 57.4 Å². The molecule has 4 atom stereocenters. The van der Waals surface area contributed by atoms with E-state index in [9.17, 15) is 15.0 Å². The number of hydrogen-bond acceptors (Lipinski definition) is 5. The third-order valence-corrected chi connectivity index (χ3v) is 5.02. The molecule has 0 bridgehead atoms. The molecular formula is C20H29N3O3. The molecular weight excluding hydrogens is 330 g/mol. The molecule has 0 amide bonds. The SMILES string of the molecule is CCCC(CCC(Nc1ccc(C#N)cc1)C(=O)O)NC1CCCC1O. The highest BCUT2D eigenvalue weighted by Gasteiger charge is 2.27. The number of hydrogen-bond donors (Lipinski definition) is 4. The van der Waals surface area contributed by atoms with Crippen molar-refractivity contribution in [1.82, 2.24) is 5.32 Å². The Bertz CT molecular complexity index is 612. The number of aliphatic carboxylic acids is 1. The van der Waals surface area contributed by atoms with Gasteiger partial charge in [-0.05, 0) is 62.8 Å². The van der Waals surface area contributed by atoms with Gasteiger partial charge in [-0.15, -0.1) is 0 Å². The van der Waals surface area contributed by atoms with Crippen molar-refractivity contribution < 1.29 is 15.0 Å². The molecule has 0 aliphatic heterocycles. The third-order valence-electron chi connectivity index (χ3n) is 5.02. The van der Waals surface area contributed by atoms with E-state index in [2.05, 4.69) is 17.6 Å². The lowest BCUT2D eigenvalue weighted by Crippen LogP contribution is -2.43. The Morgan fingerprint density at radius 3 is 2.54 bits per heavy atom. The van der Waals surface area contributed by atoms with E-state index in [4.69, 9.17) is 5.26 Å². The lowest BCUT2D eigenvalue weighted by atomic mass is 10.0. The fourth-order valence-corrected chi connectivity index (χ4v) is 3.56. The molecule has 0 spiro atoms. The number of aliphatic hydroxyl groups is 1. The lowest BCUT2D eigenvalue weighted by Gasteiger charge is -2.26. The van der Waals surface area contributed by atoms with Gasteiger partial charge in [-0.3, -0.25) is 0 Å². The maximum Gasteiger partial charge on any atom is 0.326 e. The highest BCUT2D eigenvalue weighted by atomic mass is 16.4. The first-order chi connectivity index (χ1) is 12.5. The van der Waals surface area contributed by atoms with Gasteiger partial charge >= 0.3 is 5.97 Å². The van der Waals surface area contributed by atoms with E-state index in [1.807, 2.05) is 6.07 Å². The summed E-state index contributed by atoms with van der Waals surface area (Å²) >= 11 is 0. The van der Waals surface area contributed by atoms with Crippen molar-refractivity contribution >= 4 is 11.7 Å². The normalized spacial score (nSPS) is 21.7. The molecule has 1 aromatic carbocycles. The molecule has 26 heavy (non-hydrogen) atoms. The second-order valence-corrected chi connectivity index (χ2v) is 7.06. The Hall–Kier alpha value is -2.10. The first-order valence-electron chi connectivity index (χ1n) is 9.47. The smallest absolute Gasteiger partial charge is 0.326 e. The number of rotatable bonds is 10. The molecule has 6 nitrogen and oxygen atoms in total. The number of benzene rings is 1. The average molecular weight is 359 g/mol. The monoisotopic (exact) mass is 359 g/mol. The number of anilines is 1. The summed E-state index contributed by atoms with van der Waals surface area (Å²) in [6.45, 7) is 2.11. The Balaban J connectivity index is 1.91. The van der Waals surface area contributed by atoms with Crippen molar-refractivity contribution in [2.75, 3.05) is 5.32 Å². The van der Waals surface area contributed by atoms with Crippen LogP contribution in [0.4, 0.5) is 5.69 Å². The van der Waals surface area contributed by atoms with Gasteiger partial charge in [-0.2, -0.15) is 5.26 Å². The van der Waals surface area contributed by atoms with Crippen LogP contribution in [0.15, 0.2) is 24.3 Å². The second-order valence-electron chi connectivity index (χ2n) is 7.06. The first kappa shape index (κ1) is 20.2. The van der Waals surface area contributed by atoms with E-state index in [-0.39, 0.29) is 18.2 Å². The van der Waals surface area contributed by atoms with Crippen molar-refractivity contribution in [3.8, 4) is 6.07 Å². The zero-order valence-electron chi connectivity index (χ0n) is 15.3. The van der Waals surface area contributed by atoms with Crippen LogP contribution >= 0.6 is 0 Å². The van der Waals surface area contributed by atoms with Crippen LogP contribution in [0.2, 0.25) is 0 Å². The fourth-order valence-electron chi connectivity index (χ4n) is 3.56. The summed E-state index contributed by atoms with van der Waals surface area (Å²) in [7, 11) is 0. The van der Waals surface area contributed by atoms with Gasteiger partial charge in [0, 0.05) is 17.8 Å². The number of nitrogens with zero attached hydrogens (tertiary/aromatic N) is 1.